The lowest BCUT2D eigenvalue weighted by Gasteiger charge is -2.33. The first-order chi connectivity index (χ1) is 17.6. The molecule has 0 fully saturated rings. The fraction of sp³-hybridized carbons (Fsp3) is 0.286. The van der Waals surface area contributed by atoms with Gasteiger partial charge >= 0.3 is 0 Å². The first-order valence-corrected chi connectivity index (χ1v) is 13.8. The molecule has 0 unspecified atom stereocenters. The highest BCUT2D eigenvalue weighted by atomic mass is 35.5. The average molecular weight is 542 g/mol. The van der Waals surface area contributed by atoms with Crippen LogP contribution in [0.15, 0.2) is 77.7 Å². The number of amides is 2. The van der Waals surface area contributed by atoms with Gasteiger partial charge < -0.3 is 10.2 Å². The van der Waals surface area contributed by atoms with Crippen LogP contribution in [0.2, 0.25) is 5.02 Å². The summed E-state index contributed by atoms with van der Waals surface area (Å²) >= 11 is 6.02. The molecular formula is C28H32ClN3O4S. The number of benzene rings is 3. The Labute approximate surface area is 224 Å². The molecule has 9 heteroatoms. The standard InChI is InChI=1S/C28H32ClN3O4S/c1-5-26(28(34)30-4)31(18-22-10-12-23(29)13-11-22)27(33)19-32(24-14-6-20(2)7-15-24)37(35,36)25-16-8-21(3)9-17-25/h6-17,26H,5,18-19H2,1-4H3,(H,30,34)/t26-/m0/s1. The second-order valence-electron chi connectivity index (χ2n) is 8.85. The van der Waals surface area contributed by atoms with Gasteiger partial charge in [0.15, 0.2) is 0 Å². The summed E-state index contributed by atoms with van der Waals surface area (Å²) in [5.41, 5.74) is 3.00. The van der Waals surface area contributed by atoms with Crippen LogP contribution in [0.3, 0.4) is 0 Å². The molecular weight excluding hydrogens is 510 g/mol. The van der Waals surface area contributed by atoms with Gasteiger partial charge in [0.1, 0.15) is 12.6 Å². The number of hydrogen-bond acceptors (Lipinski definition) is 4. The van der Waals surface area contributed by atoms with E-state index in [1.807, 2.05) is 20.8 Å². The number of anilines is 1. The number of carbonyl (C=O) groups excluding carboxylic acids is 2. The van der Waals surface area contributed by atoms with Crippen LogP contribution in [0.5, 0.6) is 0 Å². The first kappa shape index (κ1) is 28.2. The van der Waals surface area contributed by atoms with E-state index >= 15 is 0 Å². The van der Waals surface area contributed by atoms with Crippen LogP contribution < -0.4 is 9.62 Å². The van der Waals surface area contributed by atoms with E-state index in [0.717, 1.165) is 21.0 Å². The molecule has 7 nitrogen and oxygen atoms in total. The smallest absolute Gasteiger partial charge is 0.264 e. The zero-order valence-corrected chi connectivity index (χ0v) is 23.0. The molecule has 0 radical (unpaired) electrons. The zero-order valence-electron chi connectivity index (χ0n) is 21.4. The van der Waals surface area contributed by atoms with Crippen LogP contribution in [0.25, 0.3) is 0 Å². The van der Waals surface area contributed by atoms with Gasteiger partial charge in [0.25, 0.3) is 10.0 Å². The second kappa shape index (κ2) is 12.3. The maximum absolute atomic E-state index is 13.8. The highest BCUT2D eigenvalue weighted by Gasteiger charge is 2.33. The van der Waals surface area contributed by atoms with Gasteiger partial charge in [0.2, 0.25) is 11.8 Å². The lowest BCUT2D eigenvalue weighted by molar-refractivity contribution is -0.140. The van der Waals surface area contributed by atoms with Crippen molar-refractivity contribution in [2.24, 2.45) is 0 Å². The van der Waals surface area contributed by atoms with Crippen molar-refractivity contribution in [3.8, 4) is 0 Å². The number of sulfonamides is 1. The Balaban J connectivity index is 2.04. The van der Waals surface area contributed by atoms with E-state index in [1.165, 1.54) is 24.1 Å². The van der Waals surface area contributed by atoms with Crippen molar-refractivity contribution in [1.29, 1.82) is 0 Å². The largest absolute Gasteiger partial charge is 0.357 e. The highest BCUT2D eigenvalue weighted by molar-refractivity contribution is 7.92. The molecule has 1 atom stereocenters. The van der Waals surface area contributed by atoms with Crippen LogP contribution in [-0.4, -0.2) is 44.8 Å². The predicted molar refractivity (Wildman–Crippen MR) is 147 cm³/mol. The second-order valence-corrected chi connectivity index (χ2v) is 11.1. The van der Waals surface area contributed by atoms with Crippen LogP contribution >= 0.6 is 11.6 Å². The fourth-order valence-corrected chi connectivity index (χ4v) is 5.49. The van der Waals surface area contributed by atoms with Crippen LogP contribution in [0, 0.1) is 13.8 Å². The summed E-state index contributed by atoms with van der Waals surface area (Å²) in [5.74, 6) is -0.824. The molecule has 0 saturated carbocycles. The van der Waals surface area contributed by atoms with E-state index in [1.54, 1.807) is 60.7 Å². The summed E-state index contributed by atoms with van der Waals surface area (Å²) in [5, 5.41) is 3.16. The molecule has 1 N–H and O–H groups in total. The van der Waals surface area contributed by atoms with Crippen LogP contribution in [0.4, 0.5) is 5.69 Å². The Hall–Kier alpha value is -3.36. The molecule has 0 aliphatic rings. The first-order valence-electron chi connectivity index (χ1n) is 12.0. The van der Waals surface area contributed by atoms with Crippen molar-refractivity contribution in [2.45, 2.75) is 44.7 Å². The van der Waals surface area contributed by atoms with Crippen molar-refractivity contribution >= 4 is 39.1 Å². The fourth-order valence-electron chi connectivity index (χ4n) is 3.95. The lowest BCUT2D eigenvalue weighted by atomic mass is 10.1. The van der Waals surface area contributed by atoms with Crippen molar-refractivity contribution in [1.82, 2.24) is 10.2 Å². The Morgan fingerprint density at radius 1 is 0.892 bits per heavy atom. The van der Waals surface area contributed by atoms with Gasteiger partial charge in [-0.1, -0.05) is 66.0 Å². The maximum Gasteiger partial charge on any atom is 0.264 e. The third-order valence-electron chi connectivity index (χ3n) is 6.11. The molecule has 0 saturated heterocycles. The molecule has 0 aliphatic heterocycles. The minimum atomic E-state index is -4.08. The number of nitrogens with one attached hydrogen (secondary N) is 1. The number of nitrogens with zero attached hydrogens (tertiary/aromatic N) is 2. The average Bonchev–Trinajstić information content (AvgIpc) is 2.88. The minimum Gasteiger partial charge on any atom is -0.357 e. The molecule has 0 bridgehead atoms. The van der Waals surface area contributed by atoms with Gasteiger partial charge in [0, 0.05) is 18.6 Å². The molecule has 3 rings (SSSR count). The molecule has 3 aromatic rings. The van der Waals surface area contributed by atoms with E-state index in [9.17, 15) is 18.0 Å². The maximum atomic E-state index is 13.8. The van der Waals surface area contributed by atoms with Gasteiger partial charge in [-0.3, -0.25) is 13.9 Å². The van der Waals surface area contributed by atoms with E-state index in [2.05, 4.69) is 5.32 Å². The number of aryl methyl sites for hydroxylation is 2. The van der Waals surface area contributed by atoms with Crippen LogP contribution in [-0.2, 0) is 26.2 Å². The molecule has 0 heterocycles. The number of rotatable bonds is 10. The Morgan fingerprint density at radius 3 is 1.95 bits per heavy atom. The quantitative estimate of drug-likeness (QED) is 0.403. The zero-order chi connectivity index (χ0) is 27.2. The molecule has 37 heavy (non-hydrogen) atoms. The topological polar surface area (TPSA) is 86.8 Å². The molecule has 0 spiro atoms. The molecule has 0 aromatic heterocycles. The summed E-state index contributed by atoms with van der Waals surface area (Å²) in [6.45, 7) is 5.23. The normalized spacial score (nSPS) is 12.0. The van der Waals surface area contributed by atoms with Gasteiger partial charge in [-0.15, -0.1) is 0 Å². The summed E-state index contributed by atoms with van der Waals surface area (Å²) < 4.78 is 28.6. The molecule has 0 aliphatic carbocycles. The molecule has 2 amide bonds. The highest BCUT2D eigenvalue weighted by Crippen LogP contribution is 2.25. The number of halogens is 1. The summed E-state index contributed by atoms with van der Waals surface area (Å²) in [6, 6.07) is 19.6. The predicted octanol–water partition coefficient (Wildman–Crippen LogP) is 4.71. The van der Waals surface area contributed by atoms with Crippen molar-refractivity contribution < 1.29 is 18.0 Å². The van der Waals surface area contributed by atoms with Crippen LogP contribution in [0.1, 0.15) is 30.0 Å². The third kappa shape index (κ3) is 6.90. The van der Waals surface area contributed by atoms with E-state index in [-0.39, 0.29) is 17.3 Å². The van der Waals surface area contributed by atoms with E-state index in [0.29, 0.717) is 17.1 Å². The SMILES string of the molecule is CC[C@@H](C(=O)NC)N(Cc1ccc(Cl)cc1)C(=O)CN(c1ccc(C)cc1)S(=O)(=O)c1ccc(C)cc1. The van der Waals surface area contributed by atoms with Crippen molar-refractivity contribution in [2.75, 3.05) is 17.9 Å². The van der Waals surface area contributed by atoms with Crippen molar-refractivity contribution in [3.63, 3.8) is 0 Å². The summed E-state index contributed by atoms with van der Waals surface area (Å²) in [4.78, 5) is 28.1. The van der Waals surface area contributed by atoms with Crippen molar-refractivity contribution in [3.05, 3.63) is 94.5 Å². The monoisotopic (exact) mass is 541 g/mol. The molecule has 196 valence electrons. The molecule has 3 aromatic carbocycles. The summed E-state index contributed by atoms with van der Waals surface area (Å²) in [7, 11) is -2.57. The van der Waals surface area contributed by atoms with Gasteiger partial charge in [0.05, 0.1) is 10.6 Å². The van der Waals surface area contributed by atoms with E-state index in [4.69, 9.17) is 11.6 Å². The summed E-state index contributed by atoms with van der Waals surface area (Å²) in [6.07, 6.45) is 0.355. The Morgan fingerprint density at radius 2 is 1.43 bits per heavy atom. The Kier molecular flexibility index (Phi) is 9.34. The number of hydrogen-bond donors (Lipinski definition) is 1. The number of carbonyl (C=O) groups is 2. The van der Waals surface area contributed by atoms with E-state index < -0.39 is 28.5 Å². The third-order valence-corrected chi connectivity index (χ3v) is 8.15. The lowest BCUT2D eigenvalue weighted by Crippen LogP contribution is -2.51. The Bertz CT molecular complexity index is 1330. The van der Waals surface area contributed by atoms with Gasteiger partial charge in [-0.05, 0) is 62.2 Å². The van der Waals surface area contributed by atoms with Gasteiger partial charge in [-0.25, -0.2) is 8.42 Å². The number of likely N-dealkylation sites (N-methyl/N-ethyl adjacent to an activating group) is 1. The van der Waals surface area contributed by atoms with Gasteiger partial charge in [-0.2, -0.15) is 0 Å². The minimum absolute atomic E-state index is 0.0778.